The van der Waals surface area contributed by atoms with Crippen LogP contribution in [0.3, 0.4) is 0 Å². The largest absolute Gasteiger partial charge is 0.482 e. The standard InChI is InChI=1S/C12H9ClF2O2S/c13-11-2-1-8(18-11)6-17-12-9(14)3-7(5-16)4-10(12)15/h1-4,16H,5-6H2. The van der Waals surface area contributed by atoms with Gasteiger partial charge in [0.05, 0.1) is 10.9 Å². The van der Waals surface area contributed by atoms with Crippen LogP contribution >= 0.6 is 22.9 Å². The summed E-state index contributed by atoms with van der Waals surface area (Å²) in [6.45, 7) is -0.377. The SMILES string of the molecule is OCc1cc(F)c(OCc2ccc(Cl)s2)c(F)c1. The van der Waals surface area contributed by atoms with Crippen LogP contribution in [0.15, 0.2) is 24.3 Å². The van der Waals surface area contributed by atoms with Crippen LogP contribution in [0.5, 0.6) is 5.75 Å². The van der Waals surface area contributed by atoms with Gasteiger partial charge in [-0.05, 0) is 29.8 Å². The minimum atomic E-state index is -0.832. The van der Waals surface area contributed by atoms with E-state index in [1.54, 1.807) is 12.1 Å². The fraction of sp³-hybridized carbons (Fsp3) is 0.167. The summed E-state index contributed by atoms with van der Waals surface area (Å²) in [5.41, 5.74) is 0.163. The molecule has 0 unspecified atom stereocenters. The molecule has 0 atom stereocenters. The van der Waals surface area contributed by atoms with Crippen molar-refractivity contribution in [3.8, 4) is 5.75 Å². The van der Waals surface area contributed by atoms with Crippen molar-refractivity contribution >= 4 is 22.9 Å². The quantitative estimate of drug-likeness (QED) is 0.929. The molecule has 0 aliphatic carbocycles. The number of aliphatic hydroxyl groups excluding tert-OH is 1. The number of benzene rings is 1. The normalized spacial score (nSPS) is 10.7. The Morgan fingerprint density at radius 3 is 2.39 bits per heavy atom. The highest BCUT2D eigenvalue weighted by molar-refractivity contribution is 7.16. The molecule has 0 aliphatic rings. The Morgan fingerprint density at radius 1 is 1.22 bits per heavy atom. The van der Waals surface area contributed by atoms with Gasteiger partial charge in [-0.2, -0.15) is 0 Å². The maximum Gasteiger partial charge on any atom is 0.191 e. The maximum absolute atomic E-state index is 13.5. The molecule has 2 nitrogen and oxygen atoms in total. The Hall–Kier alpha value is -1.17. The predicted octanol–water partition coefficient (Wildman–Crippen LogP) is 3.75. The van der Waals surface area contributed by atoms with Crippen molar-refractivity contribution < 1.29 is 18.6 Å². The van der Waals surface area contributed by atoms with E-state index in [1.165, 1.54) is 11.3 Å². The monoisotopic (exact) mass is 290 g/mol. The lowest BCUT2D eigenvalue weighted by molar-refractivity contribution is 0.268. The van der Waals surface area contributed by atoms with Gasteiger partial charge in [0.1, 0.15) is 6.61 Å². The summed E-state index contributed by atoms with van der Waals surface area (Å²) in [6.07, 6.45) is 0. The van der Waals surface area contributed by atoms with Crippen molar-refractivity contribution in [3.63, 3.8) is 0 Å². The summed E-state index contributed by atoms with van der Waals surface area (Å²) in [7, 11) is 0. The number of ether oxygens (including phenoxy) is 1. The second-order valence-corrected chi connectivity index (χ2v) is 5.34. The van der Waals surface area contributed by atoms with Gasteiger partial charge in [0.25, 0.3) is 0 Å². The van der Waals surface area contributed by atoms with E-state index in [-0.39, 0.29) is 12.2 Å². The highest BCUT2D eigenvalue weighted by Gasteiger charge is 2.13. The fourth-order valence-electron chi connectivity index (χ4n) is 1.41. The van der Waals surface area contributed by atoms with Gasteiger partial charge in [-0.25, -0.2) is 8.78 Å². The molecule has 2 rings (SSSR count). The zero-order valence-corrected chi connectivity index (χ0v) is 10.7. The highest BCUT2D eigenvalue weighted by atomic mass is 35.5. The second-order valence-electron chi connectivity index (χ2n) is 3.54. The van der Waals surface area contributed by atoms with Crippen LogP contribution < -0.4 is 4.74 Å². The summed E-state index contributed by atoms with van der Waals surface area (Å²) in [5.74, 6) is -2.11. The molecule has 6 heteroatoms. The number of hydrogen-bond acceptors (Lipinski definition) is 3. The van der Waals surface area contributed by atoms with E-state index in [4.69, 9.17) is 21.4 Å². The molecule has 0 amide bonds. The number of hydrogen-bond donors (Lipinski definition) is 1. The molecule has 0 radical (unpaired) electrons. The lowest BCUT2D eigenvalue weighted by Crippen LogP contribution is -2.00. The van der Waals surface area contributed by atoms with E-state index < -0.39 is 24.0 Å². The van der Waals surface area contributed by atoms with Crippen LogP contribution in [-0.2, 0) is 13.2 Å². The minimum Gasteiger partial charge on any atom is -0.482 e. The van der Waals surface area contributed by atoms with Gasteiger partial charge in [-0.15, -0.1) is 11.3 Å². The van der Waals surface area contributed by atoms with Gasteiger partial charge in [0.2, 0.25) is 0 Å². The van der Waals surface area contributed by atoms with Crippen LogP contribution in [0.25, 0.3) is 0 Å². The Kier molecular flexibility index (Phi) is 4.16. The van der Waals surface area contributed by atoms with E-state index in [1.807, 2.05) is 0 Å². The molecule has 1 N–H and O–H groups in total. The van der Waals surface area contributed by atoms with Crippen LogP contribution in [0.4, 0.5) is 8.78 Å². The molecule has 96 valence electrons. The summed E-state index contributed by atoms with van der Waals surface area (Å²) < 4.78 is 32.7. The third kappa shape index (κ3) is 2.98. The van der Waals surface area contributed by atoms with E-state index in [0.717, 1.165) is 17.0 Å². The zero-order chi connectivity index (χ0) is 13.1. The highest BCUT2D eigenvalue weighted by Crippen LogP contribution is 2.27. The van der Waals surface area contributed by atoms with Crippen molar-refractivity contribution in [1.82, 2.24) is 0 Å². The first kappa shape index (κ1) is 13.3. The van der Waals surface area contributed by atoms with Gasteiger partial charge in [-0.1, -0.05) is 11.6 Å². The summed E-state index contributed by atoms with van der Waals surface area (Å²) in [4.78, 5) is 0.769. The first-order valence-corrected chi connectivity index (χ1v) is 6.25. The zero-order valence-electron chi connectivity index (χ0n) is 9.12. The van der Waals surface area contributed by atoms with Crippen molar-refractivity contribution in [2.24, 2.45) is 0 Å². The molecule has 1 aromatic heterocycles. The lowest BCUT2D eigenvalue weighted by Gasteiger charge is -2.08. The minimum absolute atomic E-state index is 0.0453. The van der Waals surface area contributed by atoms with E-state index in [9.17, 15) is 8.78 Å². The summed E-state index contributed by atoms with van der Waals surface area (Å²) >= 11 is 7.01. The fourth-order valence-corrected chi connectivity index (χ4v) is 2.41. The summed E-state index contributed by atoms with van der Waals surface area (Å²) in [6, 6.07) is 5.50. The predicted molar refractivity (Wildman–Crippen MR) is 65.9 cm³/mol. The van der Waals surface area contributed by atoms with Crippen LogP contribution in [0.1, 0.15) is 10.4 Å². The molecule has 0 bridgehead atoms. The Labute approximate surface area is 111 Å². The van der Waals surface area contributed by atoms with E-state index >= 15 is 0 Å². The Bertz CT molecular complexity index is 534. The van der Waals surface area contributed by atoms with Gasteiger partial charge in [-0.3, -0.25) is 0 Å². The molecule has 1 heterocycles. The third-order valence-corrected chi connectivity index (χ3v) is 3.43. The second kappa shape index (κ2) is 5.65. The number of aliphatic hydroxyl groups is 1. The van der Waals surface area contributed by atoms with Gasteiger partial charge >= 0.3 is 0 Å². The van der Waals surface area contributed by atoms with Crippen molar-refractivity contribution in [1.29, 1.82) is 0 Å². The lowest BCUT2D eigenvalue weighted by atomic mass is 10.2. The molecule has 0 spiro atoms. The van der Waals surface area contributed by atoms with Crippen molar-refractivity contribution in [2.75, 3.05) is 0 Å². The molecule has 0 fully saturated rings. The van der Waals surface area contributed by atoms with Gasteiger partial charge in [0.15, 0.2) is 17.4 Å². The van der Waals surface area contributed by atoms with Crippen LogP contribution in [0.2, 0.25) is 4.34 Å². The Morgan fingerprint density at radius 2 is 1.89 bits per heavy atom. The van der Waals surface area contributed by atoms with Gasteiger partial charge < -0.3 is 9.84 Å². The van der Waals surface area contributed by atoms with Crippen LogP contribution in [0, 0.1) is 11.6 Å². The molecular weight excluding hydrogens is 282 g/mol. The average Bonchev–Trinajstić information content (AvgIpc) is 2.73. The Balaban J connectivity index is 2.14. The molecule has 0 saturated heterocycles. The molecule has 2 aromatic rings. The smallest absolute Gasteiger partial charge is 0.191 e. The van der Waals surface area contributed by atoms with Crippen molar-refractivity contribution in [3.05, 3.63) is 50.7 Å². The number of halogens is 3. The summed E-state index contributed by atoms with van der Waals surface area (Å²) in [5, 5.41) is 8.80. The average molecular weight is 291 g/mol. The topological polar surface area (TPSA) is 29.5 Å². The third-order valence-electron chi connectivity index (χ3n) is 2.23. The number of rotatable bonds is 4. The van der Waals surface area contributed by atoms with Gasteiger partial charge in [0, 0.05) is 4.88 Å². The van der Waals surface area contributed by atoms with Crippen LogP contribution in [-0.4, -0.2) is 5.11 Å². The molecular formula is C12H9ClF2O2S. The van der Waals surface area contributed by atoms with E-state index in [2.05, 4.69) is 0 Å². The maximum atomic E-state index is 13.5. The number of thiophene rings is 1. The first-order valence-electron chi connectivity index (χ1n) is 5.06. The van der Waals surface area contributed by atoms with E-state index in [0.29, 0.717) is 4.34 Å². The molecule has 0 saturated carbocycles. The van der Waals surface area contributed by atoms with Crippen molar-refractivity contribution in [2.45, 2.75) is 13.2 Å². The first-order chi connectivity index (χ1) is 8.60. The molecule has 0 aliphatic heterocycles. The molecule has 18 heavy (non-hydrogen) atoms. The molecule has 1 aromatic carbocycles.